The van der Waals surface area contributed by atoms with Gasteiger partial charge in [-0.15, -0.1) is 0 Å². The summed E-state index contributed by atoms with van der Waals surface area (Å²) in [6.07, 6.45) is 3.42. The third-order valence-electron chi connectivity index (χ3n) is 6.01. The van der Waals surface area contributed by atoms with Crippen molar-refractivity contribution in [3.8, 4) is 0 Å². The number of nitrogens with zero attached hydrogens (tertiary/aromatic N) is 3. The number of halogens is 3. The van der Waals surface area contributed by atoms with E-state index in [0.29, 0.717) is 19.1 Å². The minimum Gasteiger partial charge on any atom is -0.350 e. The molecule has 30 heavy (non-hydrogen) atoms. The summed E-state index contributed by atoms with van der Waals surface area (Å²) in [7, 11) is -2.32. The van der Waals surface area contributed by atoms with E-state index >= 15 is 0 Å². The number of hydrogen-bond acceptors (Lipinski definition) is 4. The molecule has 1 fully saturated rings. The zero-order chi connectivity index (χ0) is 21.9. The second kappa shape index (κ2) is 9.09. The van der Waals surface area contributed by atoms with E-state index in [-0.39, 0.29) is 10.8 Å². The van der Waals surface area contributed by atoms with Crippen LogP contribution in [0.2, 0.25) is 0 Å². The van der Waals surface area contributed by atoms with E-state index in [0.717, 1.165) is 56.5 Å². The SMILES string of the molecule is C/C=C(\C1CCC(CN(C)S(=O)(=O)c2ccc(C(F)(F)F)cc2)CC1)N1CC=NC1. The summed E-state index contributed by atoms with van der Waals surface area (Å²) in [5.41, 5.74) is 0.460. The van der Waals surface area contributed by atoms with Crippen LogP contribution < -0.4 is 0 Å². The van der Waals surface area contributed by atoms with Crippen LogP contribution in [-0.4, -0.2) is 50.6 Å². The lowest BCUT2D eigenvalue weighted by molar-refractivity contribution is -0.137. The van der Waals surface area contributed by atoms with Crippen LogP contribution in [0.15, 0.2) is 45.9 Å². The van der Waals surface area contributed by atoms with Crippen molar-refractivity contribution in [3.05, 3.63) is 41.6 Å². The van der Waals surface area contributed by atoms with E-state index in [1.165, 1.54) is 17.0 Å². The quantitative estimate of drug-likeness (QED) is 0.656. The predicted molar refractivity (Wildman–Crippen MR) is 111 cm³/mol. The van der Waals surface area contributed by atoms with Crippen molar-refractivity contribution in [3.63, 3.8) is 0 Å². The monoisotopic (exact) mass is 443 g/mol. The zero-order valence-electron chi connectivity index (χ0n) is 17.3. The van der Waals surface area contributed by atoms with Gasteiger partial charge in [-0.25, -0.2) is 12.7 Å². The molecule has 0 unspecified atom stereocenters. The molecule has 2 aliphatic rings. The van der Waals surface area contributed by atoms with Gasteiger partial charge < -0.3 is 4.90 Å². The molecule has 0 radical (unpaired) electrons. The Bertz CT molecular complexity index is 879. The van der Waals surface area contributed by atoms with Gasteiger partial charge in [-0.3, -0.25) is 4.99 Å². The van der Waals surface area contributed by atoms with Crippen molar-refractivity contribution in [2.24, 2.45) is 16.8 Å². The first-order valence-corrected chi connectivity index (χ1v) is 11.6. The van der Waals surface area contributed by atoms with E-state index in [4.69, 9.17) is 0 Å². The molecule has 0 spiro atoms. The predicted octanol–water partition coefficient (Wildman–Crippen LogP) is 4.38. The summed E-state index contributed by atoms with van der Waals surface area (Å²) in [6.45, 7) is 3.96. The normalized spacial score (nSPS) is 23.4. The van der Waals surface area contributed by atoms with Crippen LogP contribution in [0.3, 0.4) is 0 Å². The second-order valence-corrected chi connectivity index (χ2v) is 10.0. The van der Waals surface area contributed by atoms with Gasteiger partial charge in [0.05, 0.1) is 17.0 Å². The van der Waals surface area contributed by atoms with Crippen LogP contribution in [0.5, 0.6) is 0 Å². The summed E-state index contributed by atoms with van der Waals surface area (Å²) in [5, 5.41) is 0. The van der Waals surface area contributed by atoms with Crippen LogP contribution in [0, 0.1) is 11.8 Å². The highest BCUT2D eigenvalue weighted by Gasteiger charge is 2.32. The first kappa shape index (κ1) is 22.8. The molecule has 1 aliphatic heterocycles. The lowest BCUT2D eigenvalue weighted by Crippen LogP contribution is -2.34. The Balaban J connectivity index is 1.57. The number of alkyl halides is 3. The van der Waals surface area contributed by atoms with Gasteiger partial charge in [0.15, 0.2) is 0 Å². The molecule has 1 saturated carbocycles. The van der Waals surface area contributed by atoms with Crippen LogP contribution in [-0.2, 0) is 16.2 Å². The fraction of sp³-hybridized carbons (Fsp3) is 0.571. The molecule has 0 saturated heterocycles. The third kappa shape index (κ3) is 5.06. The Labute approximate surface area is 176 Å². The molecule has 0 atom stereocenters. The average molecular weight is 444 g/mol. The van der Waals surface area contributed by atoms with Gasteiger partial charge in [-0.05, 0) is 68.7 Å². The van der Waals surface area contributed by atoms with Crippen molar-refractivity contribution in [2.75, 3.05) is 26.8 Å². The molecule has 1 aromatic rings. The molecule has 1 aliphatic carbocycles. The Morgan fingerprint density at radius 1 is 1.20 bits per heavy atom. The standard InChI is InChI=1S/C21H28F3N3O2S/c1-3-20(27-13-12-25-15-27)17-6-4-16(5-7-17)14-26(2)30(28,29)19-10-8-18(9-11-19)21(22,23)24/h3,8-12,16-17H,4-7,13-15H2,1-2H3/b20-3+. The van der Waals surface area contributed by atoms with Crippen LogP contribution in [0.4, 0.5) is 13.2 Å². The van der Waals surface area contributed by atoms with E-state index in [1.54, 1.807) is 0 Å². The maximum Gasteiger partial charge on any atom is 0.416 e. The summed E-state index contributed by atoms with van der Waals surface area (Å²) >= 11 is 0. The topological polar surface area (TPSA) is 53.0 Å². The Kier molecular flexibility index (Phi) is 6.91. The molecule has 1 aromatic carbocycles. The van der Waals surface area contributed by atoms with Crippen molar-refractivity contribution >= 4 is 16.2 Å². The number of hydrogen-bond donors (Lipinski definition) is 0. The van der Waals surface area contributed by atoms with Gasteiger partial charge in [-0.1, -0.05) is 6.08 Å². The number of sulfonamides is 1. The van der Waals surface area contributed by atoms with Crippen LogP contribution >= 0.6 is 0 Å². The minimum atomic E-state index is -4.49. The molecule has 0 N–H and O–H groups in total. The molecular weight excluding hydrogens is 415 g/mol. The summed E-state index contributed by atoms with van der Waals surface area (Å²) in [6, 6.07) is 3.68. The molecule has 1 heterocycles. The molecule has 9 heteroatoms. The first-order chi connectivity index (χ1) is 14.1. The maximum atomic E-state index is 12.8. The van der Waals surface area contributed by atoms with E-state index in [2.05, 4.69) is 16.0 Å². The summed E-state index contributed by atoms with van der Waals surface area (Å²) < 4.78 is 65.0. The fourth-order valence-electron chi connectivity index (χ4n) is 4.33. The second-order valence-electron chi connectivity index (χ2n) is 7.97. The Morgan fingerprint density at radius 3 is 2.33 bits per heavy atom. The van der Waals surface area contributed by atoms with E-state index in [1.807, 2.05) is 13.1 Å². The number of aliphatic imine (C=N–C) groups is 1. The molecule has 0 bridgehead atoms. The van der Waals surface area contributed by atoms with Crippen LogP contribution in [0.1, 0.15) is 38.2 Å². The van der Waals surface area contributed by atoms with Gasteiger partial charge in [-0.2, -0.15) is 13.2 Å². The van der Waals surface area contributed by atoms with E-state index in [9.17, 15) is 21.6 Å². The Morgan fingerprint density at radius 2 is 1.83 bits per heavy atom. The summed E-state index contributed by atoms with van der Waals surface area (Å²) in [4.78, 5) is 6.44. The van der Waals surface area contributed by atoms with Gasteiger partial charge in [0, 0.05) is 25.5 Å². The third-order valence-corrected chi connectivity index (χ3v) is 7.85. The largest absolute Gasteiger partial charge is 0.416 e. The lowest BCUT2D eigenvalue weighted by Gasteiger charge is -2.35. The highest BCUT2D eigenvalue weighted by atomic mass is 32.2. The van der Waals surface area contributed by atoms with Crippen molar-refractivity contribution in [1.82, 2.24) is 9.21 Å². The lowest BCUT2D eigenvalue weighted by atomic mass is 9.80. The van der Waals surface area contributed by atoms with Gasteiger partial charge >= 0.3 is 6.18 Å². The minimum absolute atomic E-state index is 0.114. The summed E-state index contributed by atoms with van der Waals surface area (Å²) in [5.74, 6) is 0.702. The Hall–Kier alpha value is -1.87. The van der Waals surface area contributed by atoms with Gasteiger partial charge in [0.25, 0.3) is 0 Å². The number of rotatable bonds is 6. The molecule has 5 nitrogen and oxygen atoms in total. The van der Waals surface area contributed by atoms with Crippen LogP contribution in [0.25, 0.3) is 0 Å². The highest BCUT2D eigenvalue weighted by Crippen LogP contribution is 2.36. The molecule has 0 aromatic heterocycles. The smallest absolute Gasteiger partial charge is 0.350 e. The number of allylic oxidation sites excluding steroid dienone is 2. The van der Waals surface area contributed by atoms with Gasteiger partial charge in [0.2, 0.25) is 10.0 Å². The van der Waals surface area contributed by atoms with E-state index < -0.39 is 21.8 Å². The first-order valence-electron chi connectivity index (χ1n) is 10.2. The maximum absolute atomic E-state index is 12.8. The van der Waals surface area contributed by atoms with Gasteiger partial charge in [0.1, 0.15) is 6.67 Å². The average Bonchev–Trinajstić information content (AvgIpc) is 3.23. The fourth-order valence-corrected chi connectivity index (χ4v) is 5.58. The molecular formula is C21H28F3N3O2S. The molecule has 166 valence electrons. The van der Waals surface area contributed by atoms with Crippen molar-refractivity contribution in [1.29, 1.82) is 0 Å². The van der Waals surface area contributed by atoms with Crippen molar-refractivity contribution < 1.29 is 21.6 Å². The zero-order valence-corrected chi connectivity index (χ0v) is 18.1. The molecule has 0 amide bonds. The van der Waals surface area contributed by atoms with Crippen molar-refractivity contribution in [2.45, 2.75) is 43.7 Å². The highest BCUT2D eigenvalue weighted by molar-refractivity contribution is 7.89. The molecule has 3 rings (SSSR count). The number of benzene rings is 1.